The minimum absolute atomic E-state index is 1.05. The van der Waals surface area contributed by atoms with Gasteiger partial charge in [-0.15, -0.1) is 5.56 Å². The summed E-state index contributed by atoms with van der Waals surface area (Å²) in [7, 11) is 14.9. The van der Waals surface area contributed by atoms with Crippen molar-refractivity contribution in [1.82, 2.24) is 0 Å². The molecule has 0 heterocycles. The summed E-state index contributed by atoms with van der Waals surface area (Å²) in [6, 6.07) is 18.1. The van der Waals surface area contributed by atoms with Gasteiger partial charge in [0, 0.05) is 0 Å². The van der Waals surface area contributed by atoms with Gasteiger partial charge in [0.15, 0.2) is 0 Å². The van der Waals surface area contributed by atoms with Crippen LogP contribution in [0.25, 0.3) is 11.1 Å². The molecule has 17 heavy (non-hydrogen) atoms. The van der Waals surface area contributed by atoms with Gasteiger partial charge in [-0.3, -0.25) is 0 Å². The molecule has 0 saturated heterocycles. The summed E-state index contributed by atoms with van der Waals surface area (Å²) in [6.07, 6.45) is 1.05. The molecule has 2 aromatic carbocycles. The molecule has 0 N–H and O–H groups in total. The van der Waals surface area contributed by atoms with E-state index in [2.05, 4.69) is 42.5 Å². The van der Waals surface area contributed by atoms with E-state index in [9.17, 15) is 0 Å². The van der Waals surface area contributed by atoms with Crippen LogP contribution in [0.3, 0.4) is 0 Å². The van der Waals surface area contributed by atoms with Crippen molar-refractivity contribution in [2.75, 3.05) is 0 Å². The molecule has 0 fully saturated rings. The summed E-state index contributed by atoms with van der Waals surface area (Å²) in [5.41, 5.74) is 5.51. The molecule has 0 saturated carbocycles. The topological polar surface area (TPSA) is 0 Å². The molecule has 1 aliphatic carbocycles. The average molecular weight is 319 g/mol. The molecular weight excluding hydrogens is 310 g/mol. The van der Waals surface area contributed by atoms with E-state index in [1.54, 1.807) is 0 Å². The zero-order chi connectivity index (χ0) is 12.3. The number of benzene rings is 2. The van der Waals surface area contributed by atoms with E-state index in [4.69, 9.17) is 27.9 Å². The second kappa shape index (κ2) is 6.27. The Morgan fingerprint density at radius 3 is 2.35 bits per heavy atom. The number of hydrogen-bond donors (Lipinski definition) is 0. The fourth-order valence-corrected chi connectivity index (χ4v) is 2.00. The monoisotopic (exact) mass is 318 g/mol. The number of hydrogen-bond acceptors (Lipinski definition) is 0. The van der Waals surface area contributed by atoms with Crippen LogP contribution < -0.4 is 0 Å². The Hall–Kier alpha value is 0.0243. The van der Waals surface area contributed by atoms with Gasteiger partial charge >= 0.3 is 42.6 Å². The normalized spacial score (nSPS) is 11.0. The van der Waals surface area contributed by atoms with Crippen molar-refractivity contribution < 1.29 is 14.7 Å². The van der Waals surface area contributed by atoms with E-state index in [1.807, 2.05) is 6.07 Å². The molecule has 0 nitrogen and oxygen atoms in total. The molecule has 0 atom stereocenters. The maximum absolute atomic E-state index is 4.97. The van der Waals surface area contributed by atoms with Crippen molar-refractivity contribution in [3.63, 3.8) is 0 Å². The van der Waals surface area contributed by atoms with Gasteiger partial charge in [-0.1, -0.05) is 35.4 Å². The van der Waals surface area contributed by atoms with E-state index in [0.29, 0.717) is 0 Å². The minimum atomic E-state index is -1.92. The van der Waals surface area contributed by atoms with Crippen LogP contribution in [-0.4, -0.2) is 0 Å². The smallest absolute Gasteiger partial charge is 0.0253 e. The van der Waals surface area contributed by atoms with E-state index in [0.717, 1.165) is 6.42 Å². The standard InChI is InChI=1S/C13H9.3ClH.Ti/c1-3-7-12-10(5-1)9-11-6-2-4-8-13(11)12;;;;/h1-5,7-8H,9H2;3*1H;/q-1;;;;+4/p-3. The van der Waals surface area contributed by atoms with Crippen LogP contribution >= 0.6 is 27.9 Å². The molecule has 86 valence electrons. The van der Waals surface area contributed by atoms with Gasteiger partial charge in [0.2, 0.25) is 0 Å². The van der Waals surface area contributed by atoms with Crippen LogP contribution in [0.15, 0.2) is 42.5 Å². The summed E-state index contributed by atoms with van der Waals surface area (Å²) in [5, 5.41) is 0. The Balaban J connectivity index is 0.000000239. The van der Waals surface area contributed by atoms with Crippen LogP contribution in [0, 0.1) is 6.07 Å². The number of rotatable bonds is 0. The van der Waals surface area contributed by atoms with Crippen LogP contribution in [0.1, 0.15) is 11.1 Å². The van der Waals surface area contributed by atoms with Gasteiger partial charge in [-0.25, -0.2) is 0 Å². The van der Waals surface area contributed by atoms with E-state index < -0.39 is 14.7 Å². The van der Waals surface area contributed by atoms with Gasteiger partial charge in [0.1, 0.15) is 0 Å². The zero-order valence-electron chi connectivity index (χ0n) is 8.88. The van der Waals surface area contributed by atoms with Gasteiger partial charge in [0.05, 0.1) is 0 Å². The maximum atomic E-state index is 4.97. The van der Waals surface area contributed by atoms with Gasteiger partial charge in [-0.2, -0.15) is 29.8 Å². The molecule has 1 aliphatic rings. The summed E-state index contributed by atoms with van der Waals surface area (Å²) in [4.78, 5) is 0. The van der Waals surface area contributed by atoms with E-state index >= 15 is 0 Å². The first kappa shape index (κ1) is 13.5. The maximum Gasteiger partial charge on any atom is -0.0253 e. The first-order chi connectivity index (χ1) is 8.18. The third-order valence-electron chi connectivity index (χ3n) is 2.62. The van der Waals surface area contributed by atoms with Crippen LogP contribution in [0.4, 0.5) is 0 Å². The van der Waals surface area contributed by atoms with Crippen LogP contribution in [0.5, 0.6) is 0 Å². The Morgan fingerprint density at radius 1 is 0.941 bits per heavy atom. The first-order valence-electron chi connectivity index (χ1n) is 5.10. The molecule has 0 spiro atoms. The fraction of sp³-hybridized carbons (Fsp3) is 0.0769. The van der Waals surface area contributed by atoms with Crippen molar-refractivity contribution in [1.29, 1.82) is 0 Å². The Kier molecular flexibility index (Phi) is 4.96. The fourth-order valence-electron chi connectivity index (χ4n) is 2.00. The predicted octanol–water partition coefficient (Wildman–Crippen LogP) is 5.12. The Labute approximate surface area is 119 Å². The molecule has 0 unspecified atom stereocenters. The third kappa shape index (κ3) is 3.50. The second-order valence-corrected chi connectivity index (χ2v) is 11.3. The molecule has 3 rings (SSSR count). The molecule has 0 aliphatic heterocycles. The van der Waals surface area contributed by atoms with Crippen LogP contribution in [0.2, 0.25) is 0 Å². The van der Waals surface area contributed by atoms with E-state index in [-0.39, 0.29) is 0 Å². The number of halogens is 3. The van der Waals surface area contributed by atoms with Gasteiger partial charge in [0.25, 0.3) is 0 Å². The largest absolute Gasteiger partial charge is 0.179 e. The third-order valence-corrected chi connectivity index (χ3v) is 2.62. The second-order valence-electron chi connectivity index (χ2n) is 3.61. The van der Waals surface area contributed by atoms with Crippen molar-refractivity contribution >= 4 is 27.9 Å². The zero-order valence-corrected chi connectivity index (χ0v) is 12.7. The number of fused-ring (bicyclic) bond motifs is 3. The molecule has 0 bridgehead atoms. The molecule has 4 heteroatoms. The Morgan fingerprint density at radius 2 is 1.59 bits per heavy atom. The summed E-state index contributed by atoms with van der Waals surface area (Å²) in [5.74, 6) is 0. The summed E-state index contributed by atoms with van der Waals surface area (Å²) >= 11 is -1.92. The summed E-state index contributed by atoms with van der Waals surface area (Å²) in [6.45, 7) is 0. The summed E-state index contributed by atoms with van der Waals surface area (Å²) < 4.78 is 0. The Bertz CT molecular complexity index is 465. The molecule has 0 aromatic heterocycles. The average Bonchev–Trinajstić information content (AvgIpc) is 2.66. The quantitative estimate of drug-likeness (QED) is 0.398. The first-order valence-corrected chi connectivity index (χ1v) is 11.5. The van der Waals surface area contributed by atoms with Crippen molar-refractivity contribution in [3.8, 4) is 11.1 Å². The van der Waals surface area contributed by atoms with Crippen LogP contribution in [-0.2, 0) is 21.1 Å². The van der Waals surface area contributed by atoms with Crippen molar-refractivity contribution in [2.24, 2.45) is 0 Å². The predicted molar refractivity (Wildman–Crippen MR) is 71.1 cm³/mol. The minimum Gasteiger partial charge on any atom is -0.179 e. The van der Waals surface area contributed by atoms with Gasteiger partial charge < -0.3 is 0 Å². The molecule has 0 amide bonds. The van der Waals surface area contributed by atoms with E-state index in [1.165, 1.54) is 22.3 Å². The molecular formula is C13H9Cl3Ti. The SMILES string of the molecule is [Cl][Ti+]([Cl])[Cl].[c-]1cccc2c1Cc1ccccc1-2. The molecule has 2 aromatic rings. The van der Waals surface area contributed by atoms with Crippen molar-refractivity contribution in [3.05, 3.63) is 59.7 Å². The van der Waals surface area contributed by atoms with Gasteiger partial charge in [-0.05, 0) is 6.42 Å². The van der Waals surface area contributed by atoms with Crippen molar-refractivity contribution in [2.45, 2.75) is 6.42 Å². The molecule has 0 radical (unpaired) electrons.